The molecule has 0 radical (unpaired) electrons. The van der Waals surface area contributed by atoms with E-state index in [1.54, 1.807) is 11.3 Å². The Hall–Kier alpha value is -1.80. The molecule has 1 N–H and O–H groups in total. The van der Waals surface area contributed by atoms with Crippen molar-refractivity contribution < 1.29 is 9.53 Å². The maximum atomic E-state index is 12.5. The minimum atomic E-state index is -0.261. The van der Waals surface area contributed by atoms with Gasteiger partial charge in [0.15, 0.2) is 11.6 Å². The van der Waals surface area contributed by atoms with Crippen LogP contribution in [-0.2, 0) is 21.4 Å². The van der Waals surface area contributed by atoms with Gasteiger partial charge in [-0.05, 0) is 6.92 Å². The van der Waals surface area contributed by atoms with Crippen molar-refractivity contribution in [2.75, 3.05) is 19.7 Å². The van der Waals surface area contributed by atoms with Crippen molar-refractivity contribution in [1.29, 1.82) is 0 Å². The molecule has 1 fully saturated rings. The van der Waals surface area contributed by atoms with Crippen LogP contribution in [0.4, 0.5) is 0 Å². The molecule has 8 heteroatoms. The number of hydrogen-bond acceptors (Lipinski definition) is 6. The van der Waals surface area contributed by atoms with Crippen LogP contribution in [0.5, 0.6) is 0 Å². The fraction of sp³-hybridized carbons (Fsp3) is 0.625. The Morgan fingerprint density at radius 3 is 2.88 bits per heavy atom. The van der Waals surface area contributed by atoms with Crippen LogP contribution in [0, 0.1) is 6.92 Å². The average Bonchev–Trinajstić information content (AvgIpc) is 3.16. The summed E-state index contributed by atoms with van der Waals surface area (Å²) in [6.07, 6.45) is 0.0734. The first-order valence-electron chi connectivity index (χ1n) is 8.06. The second kappa shape index (κ2) is 6.60. The van der Waals surface area contributed by atoms with Gasteiger partial charge in [0, 0.05) is 17.3 Å². The molecule has 1 amide bonds. The molecule has 0 bridgehead atoms. The first-order valence-corrected chi connectivity index (χ1v) is 8.94. The Balaban J connectivity index is 1.65. The van der Waals surface area contributed by atoms with Crippen LogP contribution in [-0.4, -0.2) is 50.7 Å². The summed E-state index contributed by atoms with van der Waals surface area (Å²) in [5, 5.41) is 10.2. The lowest BCUT2D eigenvalue weighted by atomic mass is 9.96. The molecule has 7 nitrogen and oxygen atoms in total. The van der Waals surface area contributed by atoms with E-state index >= 15 is 0 Å². The fourth-order valence-corrected chi connectivity index (χ4v) is 3.16. The highest BCUT2D eigenvalue weighted by molar-refractivity contribution is 7.09. The summed E-state index contributed by atoms with van der Waals surface area (Å²) >= 11 is 1.57. The molecule has 0 saturated carbocycles. The lowest BCUT2D eigenvalue weighted by Gasteiger charge is -2.31. The van der Waals surface area contributed by atoms with Crippen LogP contribution < -0.4 is 0 Å². The van der Waals surface area contributed by atoms with Gasteiger partial charge < -0.3 is 9.64 Å². The third-order valence-corrected chi connectivity index (χ3v) is 4.72. The molecular weight excluding hydrogens is 326 g/mol. The Bertz CT molecular complexity index is 718. The van der Waals surface area contributed by atoms with Crippen LogP contribution in [0.25, 0.3) is 0 Å². The number of ether oxygens (including phenoxy) is 1. The van der Waals surface area contributed by atoms with E-state index in [0.717, 1.165) is 16.5 Å². The van der Waals surface area contributed by atoms with Crippen LogP contribution >= 0.6 is 11.3 Å². The Morgan fingerprint density at radius 2 is 2.25 bits per heavy atom. The number of amides is 1. The predicted molar refractivity (Wildman–Crippen MR) is 90.9 cm³/mol. The lowest BCUT2D eigenvalue weighted by Crippen LogP contribution is -2.43. The summed E-state index contributed by atoms with van der Waals surface area (Å²) in [4.78, 5) is 23.2. The van der Waals surface area contributed by atoms with Gasteiger partial charge in [-0.25, -0.2) is 9.97 Å². The zero-order valence-corrected chi connectivity index (χ0v) is 15.3. The molecule has 2 aromatic rings. The quantitative estimate of drug-likeness (QED) is 0.916. The van der Waals surface area contributed by atoms with Crippen LogP contribution in [0.3, 0.4) is 0 Å². The van der Waals surface area contributed by atoms with Crippen LogP contribution in [0.2, 0.25) is 0 Å². The SMILES string of the molecule is Cc1nc(CC(=O)N2CCO[C@H](c3nc(C(C)(C)C)n[nH]3)C2)cs1. The fourth-order valence-electron chi connectivity index (χ4n) is 2.55. The molecule has 0 unspecified atom stereocenters. The minimum Gasteiger partial charge on any atom is -0.367 e. The highest BCUT2D eigenvalue weighted by atomic mass is 32.1. The summed E-state index contributed by atoms with van der Waals surface area (Å²) in [5.74, 6) is 1.51. The Kier molecular flexibility index (Phi) is 4.69. The van der Waals surface area contributed by atoms with Gasteiger partial charge in [-0.2, -0.15) is 5.10 Å². The molecule has 1 aliphatic heterocycles. The monoisotopic (exact) mass is 349 g/mol. The number of thiazole rings is 1. The van der Waals surface area contributed by atoms with Gasteiger partial charge in [-0.15, -0.1) is 11.3 Å². The smallest absolute Gasteiger partial charge is 0.228 e. The Morgan fingerprint density at radius 1 is 1.46 bits per heavy atom. The van der Waals surface area contributed by atoms with Gasteiger partial charge >= 0.3 is 0 Å². The highest BCUT2D eigenvalue weighted by Gasteiger charge is 2.29. The van der Waals surface area contributed by atoms with Crippen molar-refractivity contribution in [3.63, 3.8) is 0 Å². The van der Waals surface area contributed by atoms with E-state index in [1.165, 1.54) is 0 Å². The van der Waals surface area contributed by atoms with E-state index in [9.17, 15) is 4.79 Å². The maximum absolute atomic E-state index is 12.5. The minimum absolute atomic E-state index is 0.0733. The van der Waals surface area contributed by atoms with E-state index in [0.29, 0.717) is 31.9 Å². The van der Waals surface area contributed by atoms with Gasteiger partial charge in [0.25, 0.3) is 0 Å². The standard InChI is InChI=1S/C16H23N5O2S/c1-10-17-11(9-24-10)7-13(22)21-5-6-23-12(8-21)14-18-15(20-19-14)16(2,3)4/h9,12H,5-8H2,1-4H3,(H,18,19,20)/t12-/m0/s1. The summed E-state index contributed by atoms with van der Waals surface area (Å²) in [7, 11) is 0. The number of carbonyl (C=O) groups is 1. The van der Waals surface area contributed by atoms with Crippen molar-refractivity contribution >= 4 is 17.2 Å². The van der Waals surface area contributed by atoms with Gasteiger partial charge in [-0.1, -0.05) is 20.8 Å². The van der Waals surface area contributed by atoms with E-state index < -0.39 is 0 Å². The molecule has 1 saturated heterocycles. The van der Waals surface area contributed by atoms with Crippen LogP contribution in [0.1, 0.15) is 49.2 Å². The summed E-state index contributed by atoms with van der Waals surface area (Å²) in [5.41, 5.74) is 0.710. The van der Waals surface area contributed by atoms with Gasteiger partial charge in [0.2, 0.25) is 5.91 Å². The second-order valence-electron chi connectivity index (χ2n) is 7.03. The van der Waals surface area contributed by atoms with Crippen molar-refractivity contribution in [3.8, 4) is 0 Å². The van der Waals surface area contributed by atoms with Crippen LogP contribution in [0.15, 0.2) is 5.38 Å². The largest absolute Gasteiger partial charge is 0.367 e. The van der Waals surface area contributed by atoms with Crippen molar-refractivity contribution in [2.24, 2.45) is 0 Å². The third kappa shape index (κ3) is 3.81. The van der Waals surface area contributed by atoms with Gasteiger partial charge in [-0.3, -0.25) is 9.89 Å². The molecule has 0 spiro atoms. The molecule has 130 valence electrons. The predicted octanol–water partition coefficient (Wildman–Crippen LogP) is 2.01. The zero-order chi connectivity index (χ0) is 17.3. The molecule has 0 aliphatic carbocycles. The molecule has 3 rings (SSSR count). The first-order chi connectivity index (χ1) is 11.3. The van der Waals surface area contributed by atoms with Gasteiger partial charge in [0.1, 0.15) is 6.10 Å². The Labute approximate surface area is 145 Å². The molecule has 3 heterocycles. The molecule has 24 heavy (non-hydrogen) atoms. The van der Waals surface area contributed by atoms with E-state index in [4.69, 9.17) is 4.74 Å². The normalized spacial score (nSPS) is 18.8. The molecule has 1 aliphatic rings. The summed E-state index contributed by atoms with van der Waals surface area (Å²) < 4.78 is 5.78. The number of H-pyrrole nitrogens is 1. The van der Waals surface area contributed by atoms with Crippen molar-refractivity contribution in [2.45, 2.75) is 45.6 Å². The van der Waals surface area contributed by atoms with Gasteiger partial charge in [0.05, 0.1) is 30.3 Å². The number of hydrogen-bond donors (Lipinski definition) is 1. The first kappa shape index (κ1) is 17.0. The number of aryl methyl sites for hydroxylation is 1. The number of carbonyl (C=O) groups excluding carboxylic acids is 1. The van der Waals surface area contributed by atoms with E-state index in [-0.39, 0.29) is 17.4 Å². The molecular formula is C16H23N5O2S. The number of nitrogens with one attached hydrogen (secondary N) is 1. The number of aromatic amines is 1. The summed E-state index contributed by atoms with van der Waals surface area (Å²) in [6, 6.07) is 0. The topological polar surface area (TPSA) is 84.0 Å². The lowest BCUT2D eigenvalue weighted by molar-refractivity contribution is -0.138. The van der Waals surface area contributed by atoms with E-state index in [1.807, 2.05) is 17.2 Å². The zero-order valence-electron chi connectivity index (χ0n) is 14.5. The molecule has 1 atom stereocenters. The number of rotatable bonds is 3. The number of morpholine rings is 1. The second-order valence-corrected chi connectivity index (χ2v) is 8.09. The third-order valence-electron chi connectivity index (χ3n) is 3.90. The molecule has 2 aromatic heterocycles. The van der Waals surface area contributed by atoms with E-state index in [2.05, 4.69) is 40.9 Å². The number of aromatic nitrogens is 4. The maximum Gasteiger partial charge on any atom is 0.228 e. The number of nitrogens with zero attached hydrogens (tertiary/aromatic N) is 4. The average molecular weight is 349 g/mol. The molecule has 0 aromatic carbocycles. The summed E-state index contributed by atoms with van der Waals surface area (Å²) in [6.45, 7) is 9.71. The highest BCUT2D eigenvalue weighted by Crippen LogP contribution is 2.23. The van der Waals surface area contributed by atoms with Crippen molar-refractivity contribution in [3.05, 3.63) is 27.7 Å². The van der Waals surface area contributed by atoms with Crippen molar-refractivity contribution in [1.82, 2.24) is 25.1 Å².